The van der Waals surface area contributed by atoms with Crippen molar-refractivity contribution in [3.05, 3.63) is 88.8 Å². The molecular weight excluding hydrogens is 324 g/mol. The predicted molar refractivity (Wildman–Crippen MR) is 101 cm³/mol. The molecule has 0 bridgehead atoms. The van der Waals surface area contributed by atoms with E-state index >= 15 is 0 Å². The van der Waals surface area contributed by atoms with Crippen molar-refractivity contribution in [2.75, 3.05) is 7.11 Å². The van der Waals surface area contributed by atoms with Crippen molar-refractivity contribution in [2.45, 2.75) is 19.4 Å². The van der Waals surface area contributed by atoms with Gasteiger partial charge in [0.2, 0.25) is 0 Å². The molecular formula is C22H20N2O2. The molecule has 1 aromatic heterocycles. The molecule has 0 fully saturated rings. The minimum absolute atomic E-state index is 0.102. The normalized spacial score (nSPS) is 15.1. The highest BCUT2D eigenvalue weighted by Crippen LogP contribution is 2.29. The number of ketones is 1. The predicted octanol–water partition coefficient (Wildman–Crippen LogP) is 4.15. The van der Waals surface area contributed by atoms with Crippen molar-refractivity contribution >= 4 is 11.9 Å². The number of nitrogens with zero attached hydrogens (tertiary/aromatic N) is 2. The number of ether oxygens (including phenoxy) is 1. The summed E-state index contributed by atoms with van der Waals surface area (Å²) in [5, 5.41) is 4.41. The summed E-state index contributed by atoms with van der Waals surface area (Å²) in [6.07, 6.45) is 7.35. The molecule has 1 aliphatic rings. The molecule has 0 amide bonds. The molecule has 2 aromatic carbocycles. The lowest BCUT2D eigenvalue weighted by Crippen LogP contribution is -2.14. The Bertz CT molecular complexity index is 971. The standard InChI is InChI=1S/C22H20N2O2/c1-26-20-9-10-21-18(12-20)7-8-19(22(21)25)11-17-13-23-24(15-17)14-16-5-3-2-4-6-16/h2-6,9-13,15H,7-8,14H2,1H3/b19-11-. The number of hydrogen-bond acceptors (Lipinski definition) is 3. The number of methoxy groups -OCH3 is 1. The molecule has 0 spiro atoms. The van der Waals surface area contributed by atoms with Crippen LogP contribution in [0, 0.1) is 0 Å². The summed E-state index contributed by atoms with van der Waals surface area (Å²) in [5.74, 6) is 0.899. The molecule has 26 heavy (non-hydrogen) atoms. The van der Waals surface area contributed by atoms with E-state index in [-0.39, 0.29) is 5.78 Å². The fourth-order valence-electron chi connectivity index (χ4n) is 3.33. The van der Waals surface area contributed by atoms with Gasteiger partial charge in [-0.3, -0.25) is 9.48 Å². The third kappa shape index (κ3) is 3.31. The second-order valence-corrected chi connectivity index (χ2v) is 6.48. The highest BCUT2D eigenvalue weighted by atomic mass is 16.5. The Kier molecular flexibility index (Phi) is 4.40. The van der Waals surface area contributed by atoms with Crippen LogP contribution in [-0.2, 0) is 13.0 Å². The molecule has 1 aliphatic carbocycles. The molecule has 0 N–H and O–H groups in total. The first-order valence-corrected chi connectivity index (χ1v) is 8.71. The maximum Gasteiger partial charge on any atom is 0.189 e. The third-order valence-corrected chi connectivity index (χ3v) is 4.69. The zero-order chi connectivity index (χ0) is 17.9. The van der Waals surface area contributed by atoms with Gasteiger partial charge in [0.05, 0.1) is 19.9 Å². The summed E-state index contributed by atoms with van der Waals surface area (Å²) in [4.78, 5) is 12.8. The first-order valence-electron chi connectivity index (χ1n) is 8.71. The van der Waals surface area contributed by atoms with Crippen molar-refractivity contribution in [3.8, 4) is 5.75 Å². The summed E-state index contributed by atoms with van der Waals surface area (Å²) in [7, 11) is 1.64. The number of fused-ring (bicyclic) bond motifs is 1. The lowest BCUT2D eigenvalue weighted by Gasteiger charge is -2.18. The van der Waals surface area contributed by atoms with Crippen molar-refractivity contribution in [1.82, 2.24) is 9.78 Å². The van der Waals surface area contributed by atoms with Crippen LogP contribution in [-0.4, -0.2) is 22.7 Å². The molecule has 0 saturated carbocycles. The van der Waals surface area contributed by atoms with Gasteiger partial charge in [0.25, 0.3) is 0 Å². The Hall–Kier alpha value is -3.14. The highest BCUT2D eigenvalue weighted by Gasteiger charge is 2.22. The summed E-state index contributed by atoms with van der Waals surface area (Å²) >= 11 is 0. The number of carbonyl (C=O) groups is 1. The smallest absolute Gasteiger partial charge is 0.189 e. The van der Waals surface area contributed by atoms with E-state index < -0.39 is 0 Å². The van der Waals surface area contributed by atoms with Gasteiger partial charge >= 0.3 is 0 Å². The van der Waals surface area contributed by atoms with Gasteiger partial charge in [-0.15, -0.1) is 0 Å². The van der Waals surface area contributed by atoms with Gasteiger partial charge in [-0.1, -0.05) is 30.3 Å². The van der Waals surface area contributed by atoms with E-state index in [2.05, 4.69) is 17.2 Å². The Morgan fingerprint density at radius 2 is 2.00 bits per heavy atom. The maximum absolute atomic E-state index is 12.8. The number of rotatable bonds is 4. The van der Waals surface area contributed by atoms with Gasteiger partial charge in [0, 0.05) is 22.9 Å². The first kappa shape index (κ1) is 16.3. The Morgan fingerprint density at radius 3 is 2.81 bits per heavy atom. The minimum Gasteiger partial charge on any atom is -0.497 e. The number of Topliss-reactive ketones (excluding diaryl/α,β-unsaturated/α-hetero) is 1. The second-order valence-electron chi connectivity index (χ2n) is 6.48. The van der Waals surface area contributed by atoms with Crippen molar-refractivity contribution < 1.29 is 9.53 Å². The van der Waals surface area contributed by atoms with Gasteiger partial charge in [0.15, 0.2) is 5.78 Å². The van der Waals surface area contributed by atoms with Crippen LogP contribution in [0.4, 0.5) is 0 Å². The molecule has 0 aliphatic heterocycles. The zero-order valence-electron chi connectivity index (χ0n) is 14.7. The average Bonchev–Trinajstić information content (AvgIpc) is 3.11. The summed E-state index contributed by atoms with van der Waals surface area (Å²) < 4.78 is 7.15. The van der Waals surface area contributed by atoms with Crippen LogP contribution in [0.1, 0.15) is 33.5 Å². The molecule has 0 saturated heterocycles. The molecule has 4 heteroatoms. The van der Waals surface area contributed by atoms with Crippen LogP contribution >= 0.6 is 0 Å². The van der Waals surface area contributed by atoms with Gasteiger partial charge in [-0.05, 0) is 48.2 Å². The van der Waals surface area contributed by atoms with Crippen LogP contribution in [0.5, 0.6) is 5.75 Å². The molecule has 0 unspecified atom stereocenters. The molecule has 4 rings (SSSR count). The Morgan fingerprint density at radius 1 is 1.15 bits per heavy atom. The number of benzene rings is 2. The van der Waals surface area contributed by atoms with E-state index in [9.17, 15) is 4.79 Å². The Labute approximate surface area is 152 Å². The number of hydrogen-bond donors (Lipinski definition) is 0. The molecule has 3 aromatic rings. The van der Waals surface area contributed by atoms with E-state index in [1.807, 2.05) is 59.5 Å². The minimum atomic E-state index is 0.102. The van der Waals surface area contributed by atoms with Gasteiger partial charge in [-0.2, -0.15) is 5.10 Å². The third-order valence-electron chi connectivity index (χ3n) is 4.69. The zero-order valence-corrected chi connectivity index (χ0v) is 14.7. The lowest BCUT2D eigenvalue weighted by atomic mass is 9.86. The quantitative estimate of drug-likeness (QED) is 0.668. The van der Waals surface area contributed by atoms with E-state index in [0.717, 1.165) is 47.4 Å². The van der Waals surface area contributed by atoms with Crippen molar-refractivity contribution in [3.63, 3.8) is 0 Å². The van der Waals surface area contributed by atoms with E-state index in [1.165, 1.54) is 5.56 Å². The first-order chi connectivity index (χ1) is 12.7. The van der Waals surface area contributed by atoms with Gasteiger partial charge in [0.1, 0.15) is 5.75 Å². The maximum atomic E-state index is 12.8. The van der Waals surface area contributed by atoms with Crippen LogP contribution in [0.3, 0.4) is 0 Å². The number of allylic oxidation sites excluding steroid dienone is 1. The van der Waals surface area contributed by atoms with E-state index in [1.54, 1.807) is 7.11 Å². The fraction of sp³-hybridized carbons (Fsp3) is 0.182. The Balaban J connectivity index is 1.54. The topological polar surface area (TPSA) is 44.1 Å². The van der Waals surface area contributed by atoms with Crippen LogP contribution in [0.15, 0.2) is 66.5 Å². The van der Waals surface area contributed by atoms with Crippen molar-refractivity contribution in [1.29, 1.82) is 0 Å². The van der Waals surface area contributed by atoms with Crippen molar-refractivity contribution in [2.24, 2.45) is 0 Å². The van der Waals surface area contributed by atoms with E-state index in [4.69, 9.17) is 4.74 Å². The number of aromatic nitrogens is 2. The molecule has 0 radical (unpaired) electrons. The summed E-state index contributed by atoms with van der Waals surface area (Å²) in [6, 6.07) is 15.9. The summed E-state index contributed by atoms with van der Waals surface area (Å²) in [6.45, 7) is 0.723. The second kappa shape index (κ2) is 7.00. The lowest BCUT2D eigenvalue weighted by molar-refractivity contribution is 0.102. The SMILES string of the molecule is COc1ccc2c(c1)CC/C(=C/c1cnn(Cc3ccccc3)c1)C2=O. The van der Waals surface area contributed by atoms with E-state index in [0.29, 0.717) is 0 Å². The van der Waals surface area contributed by atoms with Gasteiger partial charge in [-0.25, -0.2) is 0 Å². The van der Waals surface area contributed by atoms with Crippen LogP contribution < -0.4 is 4.74 Å². The largest absolute Gasteiger partial charge is 0.497 e. The fourth-order valence-corrected chi connectivity index (χ4v) is 3.33. The number of aryl methyl sites for hydroxylation is 1. The monoisotopic (exact) mass is 344 g/mol. The molecule has 1 heterocycles. The summed E-state index contributed by atoms with van der Waals surface area (Å²) in [5.41, 5.74) is 4.83. The molecule has 4 nitrogen and oxygen atoms in total. The van der Waals surface area contributed by atoms with Crippen LogP contribution in [0.2, 0.25) is 0 Å². The molecule has 0 atom stereocenters. The molecule has 130 valence electrons. The van der Waals surface area contributed by atoms with Crippen LogP contribution in [0.25, 0.3) is 6.08 Å². The highest BCUT2D eigenvalue weighted by molar-refractivity contribution is 6.13. The number of carbonyl (C=O) groups excluding carboxylic acids is 1. The van der Waals surface area contributed by atoms with Gasteiger partial charge < -0.3 is 4.74 Å². The average molecular weight is 344 g/mol.